The largest absolute Gasteiger partial charge is 0.480 e. The van der Waals surface area contributed by atoms with Crippen LogP contribution in [0.5, 0.6) is 0 Å². The van der Waals surface area contributed by atoms with Gasteiger partial charge in [-0.3, -0.25) is 0 Å². The number of hydrogen-bond donors (Lipinski definition) is 2. The lowest BCUT2D eigenvalue weighted by Crippen LogP contribution is -2.51. The normalized spacial score (nSPS) is 34.0. The lowest BCUT2D eigenvalue weighted by atomic mass is 9.94. The standard InChI is InChI=1S/C14H22N2O3S/c17-13(18)12-11-3-1-2-9(11)8-16(12)14(19)15-10-4-6-20-7-5-10/h9-12H,1-8H2,(H,15,19)(H,17,18). The van der Waals surface area contributed by atoms with Gasteiger partial charge in [0.2, 0.25) is 0 Å². The zero-order valence-electron chi connectivity index (χ0n) is 11.6. The van der Waals surface area contributed by atoms with Gasteiger partial charge >= 0.3 is 12.0 Å². The van der Waals surface area contributed by atoms with Crippen molar-refractivity contribution in [3.8, 4) is 0 Å². The van der Waals surface area contributed by atoms with Crippen molar-refractivity contribution in [2.45, 2.75) is 44.2 Å². The molecule has 0 aromatic heterocycles. The summed E-state index contributed by atoms with van der Waals surface area (Å²) in [6.07, 6.45) is 5.11. The van der Waals surface area contributed by atoms with Crippen molar-refractivity contribution in [2.24, 2.45) is 11.8 Å². The molecule has 0 aromatic carbocycles. The molecule has 112 valence electrons. The van der Waals surface area contributed by atoms with Crippen molar-refractivity contribution < 1.29 is 14.7 Å². The van der Waals surface area contributed by atoms with Gasteiger partial charge in [0.25, 0.3) is 0 Å². The van der Waals surface area contributed by atoms with Crippen LogP contribution in [0, 0.1) is 11.8 Å². The number of carbonyl (C=O) groups is 2. The number of carbonyl (C=O) groups excluding carboxylic acids is 1. The average molecular weight is 298 g/mol. The van der Waals surface area contributed by atoms with E-state index >= 15 is 0 Å². The van der Waals surface area contributed by atoms with Crippen LogP contribution in [0.4, 0.5) is 4.79 Å². The van der Waals surface area contributed by atoms with Crippen molar-refractivity contribution in [1.82, 2.24) is 10.2 Å². The van der Waals surface area contributed by atoms with Gasteiger partial charge in [0.1, 0.15) is 6.04 Å². The predicted octanol–water partition coefficient (Wildman–Crippen LogP) is 1.78. The van der Waals surface area contributed by atoms with Crippen LogP contribution < -0.4 is 5.32 Å². The Kier molecular flexibility index (Phi) is 4.10. The Balaban J connectivity index is 1.65. The maximum atomic E-state index is 12.4. The van der Waals surface area contributed by atoms with Crippen LogP contribution >= 0.6 is 11.8 Å². The molecule has 0 radical (unpaired) electrons. The van der Waals surface area contributed by atoms with E-state index < -0.39 is 12.0 Å². The molecule has 20 heavy (non-hydrogen) atoms. The van der Waals surface area contributed by atoms with E-state index in [-0.39, 0.29) is 18.0 Å². The molecule has 2 aliphatic heterocycles. The number of nitrogens with zero attached hydrogens (tertiary/aromatic N) is 1. The Morgan fingerprint density at radius 3 is 2.60 bits per heavy atom. The van der Waals surface area contributed by atoms with Gasteiger partial charge in [-0.1, -0.05) is 6.42 Å². The fourth-order valence-corrected chi connectivity index (χ4v) is 5.04. The number of hydrogen-bond acceptors (Lipinski definition) is 3. The zero-order valence-corrected chi connectivity index (χ0v) is 12.4. The highest BCUT2D eigenvalue weighted by atomic mass is 32.2. The van der Waals surface area contributed by atoms with Crippen molar-refractivity contribution in [2.75, 3.05) is 18.1 Å². The number of amides is 2. The van der Waals surface area contributed by atoms with Gasteiger partial charge < -0.3 is 15.3 Å². The molecule has 2 heterocycles. The average Bonchev–Trinajstić information content (AvgIpc) is 2.98. The summed E-state index contributed by atoms with van der Waals surface area (Å²) in [7, 11) is 0. The summed E-state index contributed by atoms with van der Waals surface area (Å²) in [5.41, 5.74) is 0. The lowest BCUT2D eigenvalue weighted by molar-refractivity contribution is -0.142. The number of aliphatic carboxylic acids is 1. The van der Waals surface area contributed by atoms with Gasteiger partial charge in [0.15, 0.2) is 0 Å². The molecule has 2 saturated heterocycles. The van der Waals surface area contributed by atoms with E-state index in [4.69, 9.17) is 0 Å². The summed E-state index contributed by atoms with van der Waals surface area (Å²) in [6.45, 7) is 0.620. The summed E-state index contributed by atoms with van der Waals surface area (Å²) >= 11 is 1.92. The molecule has 3 aliphatic rings. The summed E-state index contributed by atoms with van der Waals surface area (Å²) in [5.74, 6) is 1.88. The van der Waals surface area contributed by atoms with Crippen LogP contribution in [0.15, 0.2) is 0 Å². The number of nitrogens with one attached hydrogen (secondary N) is 1. The van der Waals surface area contributed by atoms with Crippen LogP contribution in [0.25, 0.3) is 0 Å². The maximum absolute atomic E-state index is 12.4. The number of urea groups is 1. The second kappa shape index (κ2) is 5.84. The number of thioether (sulfide) groups is 1. The third kappa shape index (κ3) is 2.62. The molecule has 3 unspecified atom stereocenters. The Morgan fingerprint density at radius 1 is 1.15 bits per heavy atom. The van der Waals surface area contributed by atoms with E-state index in [9.17, 15) is 14.7 Å². The first-order valence-electron chi connectivity index (χ1n) is 7.54. The molecule has 5 nitrogen and oxygen atoms in total. The summed E-state index contributed by atoms with van der Waals surface area (Å²) < 4.78 is 0. The first kappa shape index (κ1) is 14.0. The fraction of sp³-hybridized carbons (Fsp3) is 0.857. The first-order chi connectivity index (χ1) is 9.66. The van der Waals surface area contributed by atoms with Gasteiger partial charge in [-0.25, -0.2) is 9.59 Å². The van der Waals surface area contributed by atoms with E-state index in [1.54, 1.807) is 4.90 Å². The van der Waals surface area contributed by atoms with Crippen molar-refractivity contribution in [3.05, 3.63) is 0 Å². The number of carboxylic acid groups (broad SMARTS) is 1. The molecule has 3 rings (SSSR count). The molecule has 2 N–H and O–H groups in total. The molecule has 2 amide bonds. The van der Waals surface area contributed by atoms with Gasteiger partial charge in [-0.15, -0.1) is 0 Å². The van der Waals surface area contributed by atoms with Crippen LogP contribution in [0.2, 0.25) is 0 Å². The third-order valence-electron chi connectivity index (χ3n) is 4.95. The van der Waals surface area contributed by atoms with E-state index in [2.05, 4.69) is 5.32 Å². The highest BCUT2D eigenvalue weighted by Gasteiger charge is 2.49. The van der Waals surface area contributed by atoms with Crippen molar-refractivity contribution >= 4 is 23.8 Å². The van der Waals surface area contributed by atoms with E-state index in [1.165, 1.54) is 0 Å². The quantitative estimate of drug-likeness (QED) is 0.815. The Labute approximate surface area is 123 Å². The second-order valence-corrected chi connectivity index (χ2v) is 7.35. The van der Waals surface area contributed by atoms with Crippen LogP contribution in [0.3, 0.4) is 0 Å². The molecule has 0 bridgehead atoms. The number of fused-ring (bicyclic) bond motifs is 1. The summed E-state index contributed by atoms with van der Waals surface area (Å²) in [6, 6.07) is -0.553. The van der Waals surface area contributed by atoms with Gasteiger partial charge in [-0.2, -0.15) is 11.8 Å². The minimum Gasteiger partial charge on any atom is -0.480 e. The topological polar surface area (TPSA) is 69.6 Å². The number of rotatable bonds is 2. The van der Waals surface area contributed by atoms with E-state index in [0.29, 0.717) is 12.5 Å². The first-order valence-corrected chi connectivity index (χ1v) is 8.70. The summed E-state index contributed by atoms with van der Waals surface area (Å²) in [5, 5.41) is 12.5. The Morgan fingerprint density at radius 2 is 1.90 bits per heavy atom. The minimum absolute atomic E-state index is 0.163. The van der Waals surface area contributed by atoms with Gasteiger partial charge in [-0.05, 0) is 49.0 Å². The van der Waals surface area contributed by atoms with Crippen molar-refractivity contribution in [3.63, 3.8) is 0 Å². The summed E-state index contributed by atoms with van der Waals surface area (Å²) in [4.78, 5) is 25.5. The molecule has 1 saturated carbocycles. The Hall–Kier alpha value is -0.910. The number of carboxylic acids is 1. The van der Waals surface area contributed by atoms with E-state index in [1.807, 2.05) is 11.8 Å². The van der Waals surface area contributed by atoms with Crippen LogP contribution in [-0.4, -0.2) is 52.1 Å². The highest BCUT2D eigenvalue weighted by molar-refractivity contribution is 7.99. The molecular weight excluding hydrogens is 276 g/mol. The monoisotopic (exact) mass is 298 g/mol. The minimum atomic E-state index is -0.839. The molecule has 0 spiro atoms. The van der Waals surface area contributed by atoms with Crippen LogP contribution in [0.1, 0.15) is 32.1 Å². The maximum Gasteiger partial charge on any atom is 0.326 e. The lowest BCUT2D eigenvalue weighted by Gasteiger charge is -2.29. The van der Waals surface area contributed by atoms with Crippen molar-refractivity contribution in [1.29, 1.82) is 0 Å². The molecule has 3 fully saturated rings. The highest BCUT2D eigenvalue weighted by Crippen LogP contribution is 2.42. The van der Waals surface area contributed by atoms with Gasteiger partial charge in [0, 0.05) is 12.6 Å². The fourth-order valence-electron chi connectivity index (χ4n) is 3.93. The van der Waals surface area contributed by atoms with Gasteiger partial charge in [0.05, 0.1) is 0 Å². The Bertz CT molecular complexity index is 398. The zero-order chi connectivity index (χ0) is 14.1. The molecular formula is C14H22N2O3S. The SMILES string of the molecule is O=C(O)C1C2CCCC2CN1C(=O)NC1CCSCC1. The smallest absolute Gasteiger partial charge is 0.326 e. The van der Waals surface area contributed by atoms with E-state index in [0.717, 1.165) is 43.6 Å². The van der Waals surface area contributed by atoms with Crippen LogP contribution in [-0.2, 0) is 4.79 Å². The number of likely N-dealkylation sites (tertiary alicyclic amines) is 1. The predicted molar refractivity (Wildman–Crippen MR) is 77.8 cm³/mol. The molecule has 0 aromatic rings. The second-order valence-electron chi connectivity index (χ2n) is 6.13. The molecule has 6 heteroatoms. The molecule has 3 atom stereocenters. The molecule has 1 aliphatic carbocycles. The third-order valence-corrected chi connectivity index (χ3v) is 6.00.